The molecule has 0 bridgehead atoms. The number of carbonyl (C=O) groups is 2. The molecule has 0 heterocycles. The summed E-state index contributed by atoms with van der Waals surface area (Å²) in [6.07, 6.45) is 0. The van der Waals surface area contributed by atoms with Crippen LogP contribution in [0.1, 0.15) is 26.3 Å². The fourth-order valence-corrected chi connectivity index (χ4v) is 2.81. The number of rotatable bonds is 6. The molecule has 0 fully saturated rings. The Kier molecular flexibility index (Phi) is 6.01. The highest BCUT2D eigenvalue weighted by atomic mass is 16.6. The van der Waals surface area contributed by atoms with Gasteiger partial charge in [0, 0.05) is 29.1 Å². The van der Waals surface area contributed by atoms with Crippen molar-refractivity contribution in [1.29, 1.82) is 0 Å². The van der Waals surface area contributed by atoms with Crippen LogP contribution in [0.25, 0.3) is 0 Å². The van der Waals surface area contributed by atoms with Gasteiger partial charge < -0.3 is 10.6 Å². The minimum atomic E-state index is -0.807. The van der Waals surface area contributed by atoms with Crippen LogP contribution in [0.5, 0.6) is 0 Å². The number of hydrogen-bond acceptors (Lipinski definition) is 6. The molecule has 31 heavy (non-hydrogen) atoms. The van der Waals surface area contributed by atoms with E-state index in [0.717, 1.165) is 18.2 Å². The van der Waals surface area contributed by atoms with Crippen molar-refractivity contribution in [3.05, 3.63) is 104 Å². The highest BCUT2D eigenvalue weighted by Gasteiger charge is 2.20. The maximum atomic E-state index is 12.5. The molecule has 0 aliphatic carbocycles. The summed E-state index contributed by atoms with van der Waals surface area (Å²) < 4.78 is 0. The Morgan fingerprint density at radius 3 is 1.87 bits per heavy atom. The summed E-state index contributed by atoms with van der Waals surface area (Å²) >= 11 is 0. The molecule has 2 amide bonds. The smallest absolute Gasteiger partial charge is 0.277 e. The predicted octanol–water partition coefficient (Wildman–Crippen LogP) is 4.32. The number of anilines is 2. The van der Waals surface area contributed by atoms with Gasteiger partial charge in [-0.05, 0) is 42.8 Å². The van der Waals surface area contributed by atoms with Gasteiger partial charge in [0.1, 0.15) is 0 Å². The van der Waals surface area contributed by atoms with E-state index in [4.69, 9.17) is 0 Å². The number of carbonyl (C=O) groups excluding carboxylic acids is 2. The van der Waals surface area contributed by atoms with Crippen molar-refractivity contribution in [2.24, 2.45) is 0 Å². The molecule has 3 rings (SSSR count). The Bertz CT molecular complexity index is 1160. The van der Waals surface area contributed by atoms with Crippen LogP contribution in [0.2, 0.25) is 0 Å². The second kappa shape index (κ2) is 8.82. The van der Waals surface area contributed by atoms with Crippen LogP contribution in [0, 0.1) is 27.2 Å². The molecule has 0 unspecified atom stereocenters. The van der Waals surface area contributed by atoms with Crippen LogP contribution in [0.15, 0.2) is 66.7 Å². The molecule has 3 aromatic rings. The quantitative estimate of drug-likeness (QED) is 0.449. The number of hydrogen-bond donors (Lipinski definition) is 2. The van der Waals surface area contributed by atoms with Crippen molar-refractivity contribution in [2.75, 3.05) is 10.6 Å². The van der Waals surface area contributed by atoms with E-state index >= 15 is 0 Å². The first-order valence-corrected chi connectivity index (χ1v) is 8.97. The van der Waals surface area contributed by atoms with Gasteiger partial charge in [0.05, 0.1) is 21.5 Å². The van der Waals surface area contributed by atoms with Gasteiger partial charge in [0.2, 0.25) is 0 Å². The normalized spacial score (nSPS) is 10.2. The van der Waals surface area contributed by atoms with E-state index < -0.39 is 27.1 Å². The first kappa shape index (κ1) is 21.1. The van der Waals surface area contributed by atoms with Gasteiger partial charge in [0.25, 0.3) is 23.2 Å². The second-order valence-electron chi connectivity index (χ2n) is 6.56. The lowest BCUT2D eigenvalue weighted by Gasteiger charge is -2.11. The summed E-state index contributed by atoms with van der Waals surface area (Å²) in [4.78, 5) is 45.2. The lowest BCUT2D eigenvalue weighted by molar-refractivity contribution is -0.394. The summed E-state index contributed by atoms with van der Waals surface area (Å²) in [7, 11) is 0. The maximum Gasteiger partial charge on any atom is 0.277 e. The van der Waals surface area contributed by atoms with Crippen LogP contribution in [0.4, 0.5) is 22.7 Å². The highest BCUT2D eigenvalue weighted by Crippen LogP contribution is 2.25. The Morgan fingerprint density at radius 1 is 0.742 bits per heavy atom. The third kappa shape index (κ3) is 5.07. The van der Waals surface area contributed by atoms with Gasteiger partial charge in [-0.25, -0.2) is 0 Å². The lowest BCUT2D eigenvalue weighted by Crippen LogP contribution is -2.14. The van der Waals surface area contributed by atoms with Crippen molar-refractivity contribution in [3.63, 3.8) is 0 Å². The minimum Gasteiger partial charge on any atom is -0.322 e. The van der Waals surface area contributed by atoms with Crippen molar-refractivity contribution in [2.45, 2.75) is 6.92 Å². The van der Waals surface area contributed by atoms with Crippen molar-refractivity contribution >= 4 is 34.6 Å². The van der Waals surface area contributed by atoms with Crippen LogP contribution in [-0.4, -0.2) is 21.7 Å². The van der Waals surface area contributed by atoms with E-state index in [0.29, 0.717) is 22.5 Å². The number of benzene rings is 3. The molecule has 0 saturated carbocycles. The topological polar surface area (TPSA) is 144 Å². The van der Waals surface area contributed by atoms with E-state index in [-0.39, 0.29) is 11.5 Å². The van der Waals surface area contributed by atoms with Crippen molar-refractivity contribution < 1.29 is 19.4 Å². The van der Waals surface area contributed by atoms with Gasteiger partial charge in [-0.1, -0.05) is 18.2 Å². The molecular weight excluding hydrogens is 404 g/mol. The largest absolute Gasteiger partial charge is 0.322 e. The van der Waals surface area contributed by atoms with E-state index in [2.05, 4.69) is 10.6 Å². The molecule has 0 aliphatic heterocycles. The third-order valence-electron chi connectivity index (χ3n) is 4.35. The van der Waals surface area contributed by atoms with Gasteiger partial charge in [-0.3, -0.25) is 29.8 Å². The molecule has 10 heteroatoms. The van der Waals surface area contributed by atoms with Crippen LogP contribution < -0.4 is 10.6 Å². The van der Waals surface area contributed by atoms with E-state index in [1.807, 2.05) is 0 Å². The maximum absolute atomic E-state index is 12.5. The number of nitrogens with one attached hydrogen (secondary N) is 2. The summed E-state index contributed by atoms with van der Waals surface area (Å²) in [5.41, 5.74) is 0.704. The Hall–Kier alpha value is -4.60. The number of amides is 2. The fourth-order valence-electron chi connectivity index (χ4n) is 2.81. The van der Waals surface area contributed by atoms with Crippen LogP contribution in [-0.2, 0) is 0 Å². The minimum absolute atomic E-state index is 0.222. The first-order chi connectivity index (χ1) is 14.7. The van der Waals surface area contributed by atoms with Crippen molar-refractivity contribution in [1.82, 2.24) is 0 Å². The van der Waals surface area contributed by atoms with Gasteiger partial charge in [-0.2, -0.15) is 0 Å². The SMILES string of the molecule is Cc1cc(NC(=O)c2cc([N+](=O)[O-])cc([N+](=O)[O-])c2)ccc1NC(=O)c1ccccc1. The predicted molar refractivity (Wildman–Crippen MR) is 113 cm³/mol. The molecule has 0 aromatic heterocycles. The average molecular weight is 420 g/mol. The third-order valence-corrected chi connectivity index (χ3v) is 4.35. The molecule has 156 valence electrons. The molecule has 0 radical (unpaired) electrons. The summed E-state index contributed by atoms with van der Waals surface area (Å²) in [6, 6.07) is 16.1. The second-order valence-corrected chi connectivity index (χ2v) is 6.56. The Morgan fingerprint density at radius 2 is 1.32 bits per heavy atom. The summed E-state index contributed by atoms with van der Waals surface area (Å²) in [5, 5.41) is 27.3. The van der Waals surface area contributed by atoms with Gasteiger partial charge in [0.15, 0.2) is 0 Å². The zero-order valence-electron chi connectivity index (χ0n) is 16.2. The first-order valence-electron chi connectivity index (χ1n) is 8.97. The van der Waals surface area contributed by atoms with Crippen LogP contribution in [0.3, 0.4) is 0 Å². The average Bonchev–Trinajstić information content (AvgIpc) is 2.75. The summed E-state index contributed by atoms with van der Waals surface area (Å²) in [6.45, 7) is 1.73. The molecule has 3 aromatic carbocycles. The number of non-ortho nitro benzene ring substituents is 2. The fraction of sp³-hybridized carbons (Fsp3) is 0.0476. The van der Waals surface area contributed by atoms with Gasteiger partial charge >= 0.3 is 0 Å². The number of nitro benzene ring substituents is 2. The Balaban J connectivity index is 1.78. The number of aryl methyl sites for hydroxylation is 1. The number of nitrogens with zero attached hydrogens (tertiary/aromatic N) is 2. The van der Waals surface area contributed by atoms with Crippen LogP contribution >= 0.6 is 0 Å². The van der Waals surface area contributed by atoms with E-state index in [9.17, 15) is 29.8 Å². The van der Waals surface area contributed by atoms with E-state index in [1.54, 1.807) is 49.4 Å². The zero-order chi connectivity index (χ0) is 22.5. The monoisotopic (exact) mass is 420 g/mol. The van der Waals surface area contributed by atoms with Gasteiger partial charge in [-0.15, -0.1) is 0 Å². The van der Waals surface area contributed by atoms with Crippen molar-refractivity contribution in [3.8, 4) is 0 Å². The number of nitro groups is 2. The molecule has 0 aliphatic rings. The molecule has 0 saturated heterocycles. The molecular formula is C21H16N4O6. The molecule has 10 nitrogen and oxygen atoms in total. The lowest BCUT2D eigenvalue weighted by atomic mass is 10.1. The van der Waals surface area contributed by atoms with E-state index in [1.165, 1.54) is 6.07 Å². The zero-order valence-corrected chi connectivity index (χ0v) is 16.2. The molecule has 0 atom stereocenters. The molecule has 2 N–H and O–H groups in total. The highest BCUT2D eigenvalue weighted by molar-refractivity contribution is 6.06. The molecule has 0 spiro atoms. The standard InChI is InChI=1S/C21H16N4O6/c1-13-9-16(7-8-19(13)23-20(26)14-5-3-2-4-6-14)22-21(27)15-10-17(24(28)29)12-18(11-15)25(30)31/h2-12H,1H3,(H,22,27)(H,23,26). The summed E-state index contributed by atoms with van der Waals surface area (Å²) in [5.74, 6) is -1.03. The Labute approximate surface area is 175 Å².